The lowest BCUT2D eigenvalue weighted by Gasteiger charge is -2.29. The Morgan fingerprint density at radius 2 is 1.74 bits per heavy atom. The monoisotopic (exact) mass is 379 g/mol. The lowest BCUT2D eigenvalue weighted by atomic mass is 10.1. The molecule has 1 amide bonds. The van der Waals surface area contributed by atoms with E-state index < -0.39 is 5.60 Å². The van der Waals surface area contributed by atoms with Gasteiger partial charge < -0.3 is 19.1 Å². The van der Waals surface area contributed by atoms with Crippen molar-refractivity contribution in [2.45, 2.75) is 65.5 Å². The highest BCUT2D eigenvalue weighted by atomic mass is 16.6. The molecule has 0 N–H and O–H groups in total. The van der Waals surface area contributed by atoms with E-state index in [0.29, 0.717) is 24.3 Å². The Hall–Kier alpha value is -2.24. The number of carbonyl (C=O) groups excluding carboxylic acids is 2. The number of esters is 1. The highest BCUT2D eigenvalue weighted by Crippen LogP contribution is 2.28. The van der Waals surface area contributed by atoms with Crippen LogP contribution in [0.4, 0.5) is 0 Å². The maximum atomic E-state index is 12.8. The lowest BCUT2D eigenvalue weighted by molar-refractivity contribution is -0.160. The Bertz CT molecular complexity index is 636. The largest absolute Gasteiger partial charge is 0.493 e. The standard InChI is InChI=1S/C21H33NO5/c1-8-15(2)22(14-20(24)27-21(3,4)5)19(23)12-10-16-9-11-17(25-6)18(13-16)26-7/h9,11,13,15H,8,10,12,14H2,1-7H3. The molecule has 0 aliphatic rings. The summed E-state index contributed by atoms with van der Waals surface area (Å²) in [6.07, 6.45) is 1.63. The van der Waals surface area contributed by atoms with E-state index in [2.05, 4.69) is 0 Å². The van der Waals surface area contributed by atoms with Gasteiger partial charge in [-0.15, -0.1) is 0 Å². The third kappa shape index (κ3) is 7.49. The average molecular weight is 379 g/mol. The van der Waals surface area contributed by atoms with Gasteiger partial charge in [0.05, 0.1) is 14.2 Å². The Balaban J connectivity index is 2.78. The molecule has 1 unspecified atom stereocenters. The van der Waals surface area contributed by atoms with E-state index in [1.54, 1.807) is 19.1 Å². The highest BCUT2D eigenvalue weighted by Gasteiger charge is 2.25. The maximum Gasteiger partial charge on any atom is 0.326 e. The summed E-state index contributed by atoms with van der Waals surface area (Å²) in [5.41, 5.74) is 0.406. The van der Waals surface area contributed by atoms with Gasteiger partial charge in [-0.05, 0) is 58.2 Å². The smallest absolute Gasteiger partial charge is 0.326 e. The minimum absolute atomic E-state index is 0.0307. The Morgan fingerprint density at radius 1 is 1.11 bits per heavy atom. The number of ether oxygens (including phenoxy) is 3. The van der Waals surface area contributed by atoms with E-state index in [1.807, 2.05) is 52.8 Å². The van der Waals surface area contributed by atoms with Crippen LogP contribution in [0, 0.1) is 0 Å². The molecule has 0 aliphatic carbocycles. The van der Waals surface area contributed by atoms with Gasteiger partial charge in [0.1, 0.15) is 12.1 Å². The first-order valence-corrected chi connectivity index (χ1v) is 9.33. The van der Waals surface area contributed by atoms with E-state index in [4.69, 9.17) is 14.2 Å². The van der Waals surface area contributed by atoms with Crippen molar-refractivity contribution < 1.29 is 23.8 Å². The Kier molecular flexibility index (Phi) is 8.60. The van der Waals surface area contributed by atoms with Crippen LogP contribution in [0.15, 0.2) is 18.2 Å². The average Bonchev–Trinajstić information content (AvgIpc) is 2.61. The van der Waals surface area contributed by atoms with Crippen LogP contribution in [0.25, 0.3) is 0 Å². The first kappa shape index (κ1) is 22.8. The van der Waals surface area contributed by atoms with Gasteiger partial charge in [0.25, 0.3) is 0 Å². The molecule has 0 aliphatic heterocycles. The summed E-state index contributed by atoms with van der Waals surface area (Å²) in [5.74, 6) is 0.834. The molecule has 27 heavy (non-hydrogen) atoms. The summed E-state index contributed by atoms with van der Waals surface area (Å²) in [7, 11) is 3.17. The van der Waals surface area contributed by atoms with Gasteiger partial charge in [0.15, 0.2) is 11.5 Å². The van der Waals surface area contributed by atoms with E-state index in [9.17, 15) is 9.59 Å². The number of aryl methyl sites for hydroxylation is 1. The fourth-order valence-electron chi connectivity index (χ4n) is 2.65. The molecule has 6 heteroatoms. The molecule has 0 spiro atoms. The van der Waals surface area contributed by atoms with Crippen LogP contribution in [0.5, 0.6) is 11.5 Å². The number of rotatable bonds is 9. The van der Waals surface area contributed by atoms with Crippen LogP contribution in [-0.2, 0) is 20.7 Å². The van der Waals surface area contributed by atoms with Gasteiger partial charge in [-0.3, -0.25) is 9.59 Å². The molecule has 0 fully saturated rings. The summed E-state index contributed by atoms with van der Waals surface area (Å²) in [6, 6.07) is 5.57. The number of benzene rings is 1. The topological polar surface area (TPSA) is 65.1 Å². The molecule has 1 aromatic rings. The second-order valence-electron chi connectivity index (χ2n) is 7.55. The molecule has 6 nitrogen and oxygen atoms in total. The van der Waals surface area contributed by atoms with Crippen LogP contribution in [0.3, 0.4) is 0 Å². The van der Waals surface area contributed by atoms with Crippen LogP contribution in [-0.4, -0.2) is 49.2 Å². The van der Waals surface area contributed by atoms with Gasteiger partial charge in [0.2, 0.25) is 5.91 Å². The van der Waals surface area contributed by atoms with Crippen molar-refractivity contribution in [2.24, 2.45) is 0 Å². The number of amides is 1. The van der Waals surface area contributed by atoms with Crippen molar-refractivity contribution >= 4 is 11.9 Å². The first-order valence-electron chi connectivity index (χ1n) is 9.33. The Morgan fingerprint density at radius 3 is 2.26 bits per heavy atom. The maximum absolute atomic E-state index is 12.8. The zero-order chi connectivity index (χ0) is 20.6. The summed E-state index contributed by atoms with van der Waals surface area (Å²) in [4.78, 5) is 26.5. The number of hydrogen-bond donors (Lipinski definition) is 0. The first-order chi connectivity index (χ1) is 12.6. The molecule has 1 atom stereocenters. The lowest BCUT2D eigenvalue weighted by Crippen LogP contribution is -2.43. The molecule has 1 aromatic carbocycles. The molecule has 0 aromatic heterocycles. The van der Waals surface area contributed by atoms with Crippen LogP contribution in [0.1, 0.15) is 53.0 Å². The van der Waals surface area contributed by atoms with Gasteiger partial charge in [-0.25, -0.2) is 0 Å². The predicted octanol–water partition coefficient (Wildman–Crippen LogP) is 3.61. The molecular formula is C21H33NO5. The van der Waals surface area contributed by atoms with Gasteiger partial charge >= 0.3 is 5.97 Å². The Labute approximate surface area is 162 Å². The van der Waals surface area contributed by atoms with E-state index >= 15 is 0 Å². The fraction of sp³-hybridized carbons (Fsp3) is 0.619. The fourth-order valence-corrected chi connectivity index (χ4v) is 2.65. The summed E-state index contributed by atoms with van der Waals surface area (Å²) in [6.45, 7) is 9.36. The van der Waals surface area contributed by atoms with E-state index in [-0.39, 0.29) is 24.5 Å². The van der Waals surface area contributed by atoms with Gasteiger partial charge in [0, 0.05) is 12.5 Å². The number of carbonyl (C=O) groups is 2. The van der Waals surface area contributed by atoms with Crippen LogP contribution in [0.2, 0.25) is 0 Å². The normalized spacial score (nSPS) is 12.3. The SMILES string of the molecule is CCC(C)N(CC(=O)OC(C)(C)C)C(=O)CCc1ccc(OC)c(OC)c1. The van der Waals surface area contributed by atoms with Crippen LogP contribution >= 0.6 is 0 Å². The van der Waals surface area contributed by atoms with Gasteiger partial charge in [-0.2, -0.15) is 0 Å². The van der Waals surface area contributed by atoms with Crippen molar-refractivity contribution in [1.82, 2.24) is 4.90 Å². The molecule has 152 valence electrons. The quantitative estimate of drug-likeness (QED) is 0.613. The van der Waals surface area contributed by atoms with Gasteiger partial charge in [-0.1, -0.05) is 13.0 Å². The predicted molar refractivity (Wildman–Crippen MR) is 105 cm³/mol. The van der Waals surface area contributed by atoms with Crippen molar-refractivity contribution in [1.29, 1.82) is 0 Å². The molecule has 0 saturated carbocycles. The molecule has 0 radical (unpaired) electrons. The highest BCUT2D eigenvalue weighted by molar-refractivity contribution is 5.82. The van der Waals surface area contributed by atoms with E-state index in [1.165, 1.54) is 0 Å². The number of nitrogens with zero attached hydrogens (tertiary/aromatic N) is 1. The molecular weight excluding hydrogens is 346 g/mol. The zero-order valence-corrected chi connectivity index (χ0v) is 17.6. The molecule has 0 heterocycles. The summed E-state index contributed by atoms with van der Waals surface area (Å²) in [5, 5.41) is 0. The molecule has 0 bridgehead atoms. The van der Waals surface area contributed by atoms with Crippen molar-refractivity contribution in [2.75, 3.05) is 20.8 Å². The summed E-state index contributed by atoms with van der Waals surface area (Å²) >= 11 is 0. The minimum Gasteiger partial charge on any atom is -0.493 e. The number of methoxy groups -OCH3 is 2. The van der Waals surface area contributed by atoms with Crippen molar-refractivity contribution in [3.8, 4) is 11.5 Å². The second kappa shape index (κ2) is 10.2. The zero-order valence-electron chi connectivity index (χ0n) is 17.6. The summed E-state index contributed by atoms with van der Waals surface area (Å²) < 4.78 is 15.9. The number of hydrogen-bond acceptors (Lipinski definition) is 5. The third-order valence-electron chi connectivity index (χ3n) is 4.24. The molecule has 1 rings (SSSR count). The van der Waals surface area contributed by atoms with Crippen molar-refractivity contribution in [3.63, 3.8) is 0 Å². The van der Waals surface area contributed by atoms with E-state index in [0.717, 1.165) is 12.0 Å². The molecule has 0 saturated heterocycles. The third-order valence-corrected chi connectivity index (χ3v) is 4.24. The van der Waals surface area contributed by atoms with Crippen molar-refractivity contribution in [3.05, 3.63) is 23.8 Å². The van der Waals surface area contributed by atoms with Crippen LogP contribution < -0.4 is 9.47 Å². The second-order valence-corrected chi connectivity index (χ2v) is 7.55. The minimum atomic E-state index is -0.569.